The zero-order valence-corrected chi connectivity index (χ0v) is 18.3. The molecule has 3 N–H and O–H groups in total. The smallest absolute Gasteiger partial charge is 0.337 e. The fourth-order valence-electron chi connectivity index (χ4n) is 4.48. The van der Waals surface area contributed by atoms with Gasteiger partial charge in [0.25, 0.3) is 6.47 Å². The van der Waals surface area contributed by atoms with E-state index in [4.69, 9.17) is 19.4 Å². The minimum atomic E-state index is -0.748. The van der Waals surface area contributed by atoms with Crippen molar-refractivity contribution in [1.29, 1.82) is 0 Å². The Hall–Kier alpha value is -2.49. The number of aliphatic hydroxyl groups excluding tert-OH is 1. The average Bonchev–Trinajstić information content (AvgIpc) is 2.73. The quantitative estimate of drug-likeness (QED) is 0.475. The van der Waals surface area contributed by atoms with E-state index in [0.29, 0.717) is 31.4 Å². The van der Waals surface area contributed by atoms with Crippen LogP contribution in [0.2, 0.25) is 0 Å². The van der Waals surface area contributed by atoms with E-state index < -0.39 is 17.2 Å². The number of carbonyl (C=O) groups is 3. The molecule has 1 amide bonds. The lowest BCUT2D eigenvalue weighted by Crippen LogP contribution is -2.69. The van der Waals surface area contributed by atoms with Crippen molar-refractivity contribution in [2.24, 2.45) is 0 Å². The van der Waals surface area contributed by atoms with Crippen molar-refractivity contribution in [2.75, 3.05) is 26.8 Å². The zero-order valence-electron chi connectivity index (χ0n) is 18.3. The summed E-state index contributed by atoms with van der Waals surface area (Å²) in [6, 6.07) is 7.46. The second-order valence-electron chi connectivity index (χ2n) is 8.24. The van der Waals surface area contributed by atoms with Crippen molar-refractivity contribution in [3.05, 3.63) is 35.4 Å². The number of methoxy groups -OCH3 is 1. The molecule has 3 rings (SSSR count). The monoisotopic (exact) mass is 436 g/mol. The number of hydrogen-bond acceptors (Lipinski definition) is 7. The van der Waals surface area contributed by atoms with Gasteiger partial charge in [-0.3, -0.25) is 14.5 Å². The first-order chi connectivity index (χ1) is 14.7. The fourth-order valence-corrected chi connectivity index (χ4v) is 4.48. The topological polar surface area (TPSA) is 125 Å². The van der Waals surface area contributed by atoms with Crippen LogP contribution in [0.3, 0.4) is 0 Å². The summed E-state index contributed by atoms with van der Waals surface area (Å²) in [4.78, 5) is 34.0. The van der Waals surface area contributed by atoms with Crippen LogP contribution in [-0.2, 0) is 25.6 Å². The highest BCUT2D eigenvalue weighted by molar-refractivity contribution is 5.89. The summed E-state index contributed by atoms with van der Waals surface area (Å²) in [5.74, 6) is -0.475. The molecule has 1 aromatic rings. The van der Waals surface area contributed by atoms with Crippen LogP contribution in [-0.4, -0.2) is 77.5 Å². The number of esters is 1. The van der Waals surface area contributed by atoms with Crippen LogP contribution in [0, 0.1) is 0 Å². The number of carboxylic acid groups (broad SMARTS) is 1. The third kappa shape index (κ3) is 6.03. The first-order valence-electron chi connectivity index (χ1n) is 10.3. The molecule has 2 aliphatic heterocycles. The van der Waals surface area contributed by atoms with Crippen LogP contribution in [0.4, 0.5) is 0 Å². The second kappa shape index (κ2) is 10.7. The molecular formula is C22H32N2O7. The van der Waals surface area contributed by atoms with Crippen molar-refractivity contribution in [3.63, 3.8) is 0 Å². The van der Waals surface area contributed by atoms with Crippen LogP contribution in [0.25, 0.3) is 0 Å². The highest BCUT2D eigenvalue weighted by Gasteiger charge is 2.53. The Bertz CT molecular complexity index is 777. The number of rotatable bonds is 4. The number of amides is 1. The Morgan fingerprint density at radius 1 is 1.32 bits per heavy atom. The lowest BCUT2D eigenvalue weighted by atomic mass is 9.73. The Labute approximate surface area is 182 Å². The molecule has 2 atom stereocenters. The third-order valence-electron chi connectivity index (χ3n) is 6.03. The number of aliphatic hydroxyl groups is 1. The van der Waals surface area contributed by atoms with Crippen LogP contribution in [0.1, 0.15) is 49.0 Å². The number of ether oxygens (including phenoxy) is 2. The van der Waals surface area contributed by atoms with Gasteiger partial charge in [0.05, 0.1) is 23.8 Å². The fraction of sp³-hybridized carbons (Fsp3) is 0.591. The van der Waals surface area contributed by atoms with Gasteiger partial charge in [-0.15, -0.1) is 0 Å². The second-order valence-corrected chi connectivity index (χ2v) is 8.24. The molecule has 0 saturated carbocycles. The molecule has 0 radical (unpaired) electrons. The maximum Gasteiger partial charge on any atom is 0.337 e. The van der Waals surface area contributed by atoms with Gasteiger partial charge in [0.1, 0.15) is 6.10 Å². The normalized spacial score (nSPS) is 25.1. The van der Waals surface area contributed by atoms with Gasteiger partial charge in [-0.2, -0.15) is 0 Å². The van der Waals surface area contributed by atoms with Crippen molar-refractivity contribution < 1.29 is 34.1 Å². The van der Waals surface area contributed by atoms with E-state index in [1.54, 1.807) is 6.07 Å². The van der Waals surface area contributed by atoms with Crippen LogP contribution in [0.15, 0.2) is 24.3 Å². The average molecular weight is 437 g/mol. The minimum Gasteiger partial charge on any atom is -0.483 e. The molecule has 0 unspecified atom stereocenters. The van der Waals surface area contributed by atoms with Crippen LogP contribution >= 0.6 is 0 Å². The number of likely N-dealkylation sites (tertiary alicyclic amines) is 1. The Morgan fingerprint density at radius 2 is 1.97 bits per heavy atom. The summed E-state index contributed by atoms with van der Waals surface area (Å²) in [5, 5.41) is 20.9. The largest absolute Gasteiger partial charge is 0.483 e. The molecule has 2 aliphatic rings. The molecule has 1 spiro atoms. The summed E-state index contributed by atoms with van der Waals surface area (Å²) in [6.45, 7) is 5.92. The molecule has 0 bridgehead atoms. The SMILES string of the molecule is COC(=O)c1cccc(CN2CCC3(CC2)OCC[C@](C)(NC(C)=O)[C@H]3O)c1.O=CO. The number of carbonyl (C=O) groups excluding carboxylic acids is 2. The van der Waals surface area contributed by atoms with E-state index in [1.165, 1.54) is 14.0 Å². The molecule has 9 nitrogen and oxygen atoms in total. The molecule has 172 valence electrons. The maximum absolute atomic E-state index is 11.7. The molecule has 9 heteroatoms. The Balaban J connectivity index is 0.00000107. The van der Waals surface area contributed by atoms with Gasteiger partial charge in [0.15, 0.2) is 0 Å². The molecule has 2 fully saturated rings. The van der Waals surface area contributed by atoms with E-state index in [9.17, 15) is 14.7 Å². The van der Waals surface area contributed by atoms with Crippen LogP contribution in [0.5, 0.6) is 0 Å². The van der Waals surface area contributed by atoms with Gasteiger partial charge in [-0.1, -0.05) is 12.1 Å². The summed E-state index contributed by atoms with van der Waals surface area (Å²) in [6.07, 6.45) is 1.24. The highest BCUT2D eigenvalue weighted by Crippen LogP contribution is 2.40. The van der Waals surface area contributed by atoms with E-state index >= 15 is 0 Å². The number of benzene rings is 1. The molecule has 31 heavy (non-hydrogen) atoms. The summed E-state index contributed by atoms with van der Waals surface area (Å²) in [7, 11) is 1.38. The van der Waals surface area contributed by atoms with E-state index in [2.05, 4.69) is 10.2 Å². The lowest BCUT2D eigenvalue weighted by Gasteiger charge is -2.53. The van der Waals surface area contributed by atoms with Gasteiger partial charge < -0.3 is 25.0 Å². The Kier molecular flexibility index (Phi) is 8.55. The standard InChI is InChI=1S/C21H30N2O5.CH2O2/c1-15(24)22-20(2)9-12-28-21(19(20)26)7-10-23(11-8-21)14-16-5-4-6-17(13-16)18(25)27-3;2-1-3/h4-6,13,19,26H,7-12,14H2,1-3H3,(H,22,24);1H,(H,2,3)/t19-,20+;/m1./s1. The zero-order chi connectivity index (χ0) is 23.1. The number of hydrogen-bond donors (Lipinski definition) is 3. The van der Waals surface area contributed by atoms with Crippen molar-refractivity contribution >= 4 is 18.3 Å². The third-order valence-corrected chi connectivity index (χ3v) is 6.03. The first kappa shape index (κ1) is 24.8. The predicted octanol–water partition coefficient (Wildman–Crippen LogP) is 1.18. The van der Waals surface area contributed by atoms with Crippen molar-refractivity contribution in [2.45, 2.75) is 56.9 Å². The van der Waals surface area contributed by atoms with E-state index in [-0.39, 0.29) is 18.3 Å². The van der Waals surface area contributed by atoms with Crippen LogP contribution < -0.4 is 5.32 Å². The summed E-state index contributed by atoms with van der Waals surface area (Å²) >= 11 is 0. The highest BCUT2D eigenvalue weighted by atomic mass is 16.5. The van der Waals surface area contributed by atoms with E-state index in [1.807, 2.05) is 25.1 Å². The minimum absolute atomic E-state index is 0.137. The molecule has 2 saturated heterocycles. The van der Waals surface area contributed by atoms with Crippen molar-refractivity contribution in [3.8, 4) is 0 Å². The first-order valence-corrected chi connectivity index (χ1v) is 10.3. The number of nitrogens with zero attached hydrogens (tertiary/aromatic N) is 1. The van der Waals surface area contributed by atoms with Gasteiger partial charge in [-0.05, 0) is 43.9 Å². The molecule has 2 heterocycles. The van der Waals surface area contributed by atoms with Gasteiger partial charge in [-0.25, -0.2) is 4.79 Å². The Morgan fingerprint density at radius 3 is 2.55 bits per heavy atom. The molecular weight excluding hydrogens is 404 g/mol. The molecule has 0 aliphatic carbocycles. The van der Waals surface area contributed by atoms with Gasteiger partial charge in [0.2, 0.25) is 5.91 Å². The van der Waals surface area contributed by atoms with Gasteiger partial charge in [0, 0.05) is 33.2 Å². The predicted molar refractivity (Wildman–Crippen MR) is 113 cm³/mol. The van der Waals surface area contributed by atoms with Crippen molar-refractivity contribution in [1.82, 2.24) is 10.2 Å². The van der Waals surface area contributed by atoms with E-state index in [0.717, 1.165) is 25.2 Å². The maximum atomic E-state index is 11.7. The number of nitrogens with one attached hydrogen (secondary N) is 1. The molecule has 0 aromatic heterocycles. The lowest BCUT2D eigenvalue weighted by molar-refractivity contribution is -0.208. The molecule has 1 aromatic carbocycles. The summed E-state index contributed by atoms with van der Waals surface area (Å²) in [5.41, 5.74) is 0.304. The summed E-state index contributed by atoms with van der Waals surface area (Å²) < 4.78 is 10.9. The van der Waals surface area contributed by atoms with Gasteiger partial charge >= 0.3 is 5.97 Å². The number of piperidine rings is 1.